The summed E-state index contributed by atoms with van der Waals surface area (Å²) in [4.78, 5) is 23.5. The van der Waals surface area contributed by atoms with Gasteiger partial charge in [-0.2, -0.15) is 4.98 Å². The summed E-state index contributed by atoms with van der Waals surface area (Å²) in [6.45, 7) is 5.27. The molecule has 3 rings (SSSR count). The number of nitrogens with zero attached hydrogens (tertiary/aromatic N) is 3. The second-order valence-electron chi connectivity index (χ2n) is 6.76. The Kier molecular flexibility index (Phi) is 4.54. The molecule has 0 unspecified atom stereocenters. The fourth-order valence-electron chi connectivity index (χ4n) is 2.36. The van der Waals surface area contributed by atoms with E-state index in [-0.39, 0.29) is 23.5 Å². The Morgan fingerprint density at radius 2 is 2.12 bits per heavy atom. The van der Waals surface area contributed by atoms with E-state index in [1.54, 1.807) is 24.4 Å². The van der Waals surface area contributed by atoms with E-state index in [1.165, 1.54) is 10.6 Å². The number of fused-ring (bicyclic) bond motifs is 1. The lowest BCUT2D eigenvalue weighted by molar-refractivity contribution is 0.404. The van der Waals surface area contributed by atoms with Gasteiger partial charge < -0.3 is 16.0 Å². The quantitative estimate of drug-likeness (QED) is 0.632. The van der Waals surface area contributed by atoms with Gasteiger partial charge in [0.05, 0.1) is 12.7 Å². The number of H-pyrrole nitrogens is 1. The van der Waals surface area contributed by atoms with Gasteiger partial charge in [-0.1, -0.05) is 32.0 Å². The van der Waals surface area contributed by atoms with Crippen LogP contribution in [0.4, 0.5) is 10.3 Å². The molecule has 0 aliphatic heterocycles. The fourth-order valence-corrected chi connectivity index (χ4v) is 2.36. The lowest BCUT2D eigenvalue weighted by Crippen LogP contribution is -2.31. The third-order valence-corrected chi connectivity index (χ3v) is 4.08. The molecule has 2 aromatic heterocycles. The highest BCUT2D eigenvalue weighted by Gasteiger charge is 2.17. The number of rotatable bonds is 6. The van der Waals surface area contributed by atoms with Gasteiger partial charge in [-0.3, -0.25) is 4.57 Å². The lowest BCUT2D eigenvalue weighted by Gasteiger charge is -2.22. The van der Waals surface area contributed by atoms with Crippen molar-refractivity contribution in [3.8, 4) is 0 Å². The summed E-state index contributed by atoms with van der Waals surface area (Å²) < 4.78 is 15.3. The molecule has 25 heavy (non-hydrogen) atoms. The van der Waals surface area contributed by atoms with E-state index in [0.717, 1.165) is 0 Å². The van der Waals surface area contributed by atoms with Crippen molar-refractivity contribution in [2.75, 3.05) is 18.4 Å². The highest BCUT2D eigenvalue weighted by molar-refractivity contribution is 5.71. The van der Waals surface area contributed by atoms with E-state index in [4.69, 9.17) is 5.73 Å². The van der Waals surface area contributed by atoms with Gasteiger partial charge in [0, 0.05) is 12.1 Å². The van der Waals surface area contributed by atoms with Crippen molar-refractivity contribution < 1.29 is 4.39 Å². The Labute approximate surface area is 144 Å². The molecule has 0 atom stereocenters. The molecule has 0 aliphatic carbocycles. The van der Waals surface area contributed by atoms with Crippen LogP contribution in [-0.2, 0) is 6.54 Å². The topological polar surface area (TPSA) is 102 Å². The van der Waals surface area contributed by atoms with Crippen LogP contribution in [0, 0.1) is 11.2 Å². The van der Waals surface area contributed by atoms with Crippen LogP contribution in [0.3, 0.4) is 0 Å². The molecule has 3 aromatic rings. The molecule has 1 aromatic carbocycles. The Balaban J connectivity index is 1.93. The van der Waals surface area contributed by atoms with E-state index >= 15 is 0 Å². The van der Waals surface area contributed by atoms with Crippen molar-refractivity contribution in [2.45, 2.75) is 20.4 Å². The van der Waals surface area contributed by atoms with Crippen molar-refractivity contribution in [2.24, 2.45) is 11.1 Å². The summed E-state index contributed by atoms with van der Waals surface area (Å²) in [5, 5.41) is 3.13. The fraction of sp³-hybridized carbons (Fsp3) is 0.353. The molecule has 0 amide bonds. The van der Waals surface area contributed by atoms with Crippen molar-refractivity contribution >= 4 is 17.1 Å². The smallest absolute Gasteiger partial charge is 0.328 e. The highest BCUT2D eigenvalue weighted by Crippen LogP contribution is 2.16. The summed E-state index contributed by atoms with van der Waals surface area (Å²) >= 11 is 0. The Morgan fingerprint density at radius 1 is 1.36 bits per heavy atom. The van der Waals surface area contributed by atoms with Crippen LogP contribution in [0.15, 0.2) is 35.3 Å². The van der Waals surface area contributed by atoms with Gasteiger partial charge in [-0.15, -0.1) is 0 Å². The summed E-state index contributed by atoms with van der Waals surface area (Å²) in [6.07, 6.45) is 1.54. The zero-order chi connectivity index (χ0) is 18.0. The Hall–Kier alpha value is -2.74. The van der Waals surface area contributed by atoms with Crippen LogP contribution in [0.1, 0.15) is 19.4 Å². The van der Waals surface area contributed by atoms with E-state index in [1.807, 2.05) is 13.8 Å². The standard InChI is InChI=1S/C17H21FN6O/c1-17(2,9-19)10-21-15-20-7-13-14(23-15)24(16(25)22-13)8-11-5-3-4-6-12(11)18/h3-7H,8-10,19H2,1-2H3,(H,22,25)(H,20,21,23). The SMILES string of the molecule is CC(C)(CN)CNc1ncc2[nH]c(=O)n(Cc3ccccc3F)c2n1. The number of imidazole rings is 1. The Bertz CT molecular complexity index is 946. The van der Waals surface area contributed by atoms with Crippen LogP contribution < -0.4 is 16.7 Å². The maximum atomic E-state index is 13.9. The molecule has 0 fully saturated rings. The predicted octanol–water partition coefficient (Wildman–Crippen LogP) is 1.70. The summed E-state index contributed by atoms with van der Waals surface area (Å²) in [7, 11) is 0. The van der Waals surface area contributed by atoms with Crippen LogP contribution in [-0.4, -0.2) is 32.6 Å². The minimum Gasteiger partial charge on any atom is -0.354 e. The van der Waals surface area contributed by atoms with Crippen LogP contribution >= 0.6 is 0 Å². The molecule has 8 heteroatoms. The van der Waals surface area contributed by atoms with E-state index < -0.39 is 0 Å². The lowest BCUT2D eigenvalue weighted by atomic mass is 9.94. The molecular formula is C17H21FN6O. The first-order valence-electron chi connectivity index (χ1n) is 8.02. The number of hydrogen-bond acceptors (Lipinski definition) is 5. The predicted molar refractivity (Wildman–Crippen MR) is 95.0 cm³/mol. The van der Waals surface area contributed by atoms with Gasteiger partial charge in [0.2, 0.25) is 5.95 Å². The van der Waals surface area contributed by atoms with Crippen molar-refractivity contribution in [1.82, 2.24) is 19.5 Å². The second-order valence-corrected chi connectivity index (χ2v) is 6.76. The van der Waals surface area contributed by atoms with E-state index in [0.29, 0.717) is 35.8 Å². The average Bonchev–Trinajstić information content (AvgIpc) is 2.90. The molecule has 0 saturated heterocycles. The van der Waals surface area contributed by atoms with Gasteiger partial charge in [0.1, 0.15) is 11.3 Å². The second kappa shape index (κ2) is 6.64. The highest BCUT2D eigenvalue weighted by atomic mass is 19.1. The molecule has 0 aliphatic rings. The number of nitrogens with two attached hydrogens (primary N) is 1. The third-order valence-electron chi connectivity index (χ3n) is 4.08. The molecule has 0 bridgehead atoms. The zero-order valence-electron chi connectivity index (χ0n) is 14.2. The summed E-state index contributed by atoms with van der Waals surface area (Å²) in [6, 6.07) is 6.35. The van der Waals surface area contributed by atoms with Gasteiger partial charge in [0.15, 0.2) is 5.65 Å². The van der Waals surface area contributed by atoms with Crippen LogP contribution in [0.25, 0.3) is 11.2 Å². The van der Waals surface area contributed by atoms with Gasteiger partial charge in [-0.25, -0.2) is 14.2 Å². The molecular weight excluding hydrogens is 323 g/mol. The van der Waals surface area contributed by atoms with E-state index in [9.17, 15) is 9.18 Å². The Morgan fingerprint density at radius 3 is 2.84 bits per heavy atom. The van der Waals surface area contributed by atoms with Crippen LogP contribution in [0.2, 0.25) is 0 Å². The van der Waals surface area contributed by atoms with Crippen molar-refractivity contribution in [1.29, 1.82) is 0 Å². The monoisotopic (exact) mass is 344 g/mol. The number of hydrogen-bond donors (Lipinski definition) is 3. The largest absolute Gasteiger partial charge is 0.354 e. The summed E-state index contributed by atoms with van der Waals surface area (Å²) in [5.74, 6) is 0.0381. The third kappa shape index (κ3) is 3.69. The van der Waals surface area contributed by atoms with Crippen molar-refractivity contribution in [3.05, 3.63) is 52.3 Å². The number of halogens is 1. The van der Waals surface area contributed by atoms with Gasteiger partial charge >= 0.3 is 5.69 Å². The van der Waals surface area contributed by atoms with Gasteiger partial charge in [-0.05, 0) is 18.0 Å². The first-order chi connectivity index (χ1) is 11.9. The molecule has 7 nitrogen and oxygen atoms in total. The number of aromatic nitrogens is 4. The first kappa shape index (κ1) is 17.1. The molecule has 2 heterocycles. The number of anilines is 1. The van der Waals surface area contributed by atoms with Gasteiger partial charge in [0.25, 0.3) is 0 Å². The van der Waals surface area contributed by atoms with E-state index in [2.05, 4.69) is 20.3 Å². The van der Waals surface area contributed by atoms with Crippen LogP contribution in [0.5, 0.6) is 0 Å². The minimum absolute atomic E-state index is 0.0935. The number of aromatic amines is 1. The number of benzene rings is 1. The number of nitrogens with one attached hydrogen (secondary N) is 2. The first-order valence-corrected chi connectivity index (χ1v) is 8.02. The normalized spacial score (nSPS) is 11.8. The molecule has 0 spiro atoms. The molecule has 132 valence electrons. The zero-order valence-corrected chi connectivity index (χ0v) is 14.2. The maximum Gasteiger partial charge on any atom is 0.328 e. The molecule has 0 saturated carbocycles. The average molecular weight is 344 g/mol. The minimum atomic E-state index is -0.360. The molecule has 0 radical (unpaired) electrons. The summed E-state index contributed by atoms with van der Waals surface area (Å²) in [5.41, 5.74) is 6.61. The molecule has 4 N–H and O–H groups in total. The van der Waals surface area contributed by atoms with Crippen molar-refractivity contribution in [3.63, 3.8) is 0 Å². The maximum absolute atomic E-state index is 13.9.